The third-order valence-electron chi connectivity index (χ3n) is 3.83. The number of hydrogen-bond donors (Lipinski definition) is 4. The van der Waals surface area contributed by atoms with E-state index in [-0.39, 0.29) is 16.8 Å². The molecule has 3 aromatic rings. The van der Waals surface area contributed by atoms with Gasteiger partial charge in [0.15, 0.2) is 0 Å². The summed E-state index contributed by atoms with van der Waals surface area (Å²) >= 11 is 0. The summed E-state index contributed by atoms with van der Waals surface area (Å²) in [6.07, 6.45) is 4.29. The highest BCUT2D eigenvalue weighted by Crippen LogP contribution is 2.33. The number of nitrogens with one attached hydrogen (secondary N) is 2. The minimum absolute atomic E-state index is 0.111. The largest absolute Gasteiger partial charge is 0.356 e. The number of rotatable bonds is 5. The van der Waals surface area contributed by atoms with E-state index < -0.39 is 25.1 Å². The Bertz CT molecular complexity index is 1060. The number of H-pyrrole nitrogens is 1. The van der Waals surface area contributed by atoms with Gasteiger partial charge in [-0.1, -0.05) is 12.1 Å². The summed E-state index contributed by atoms with van der Waals surface area (Å²) in [5.74, 6) is -0.440. The molecule has 2 heterocycles. The number of carbonyl (C=O) groups is 1. The van der Waals surface area contributed by atoms with Crippen LogP contribution in [0.15, 0.2) is 53.7 Å². The number of carbonyl (C=O) groups excluding carboxylic acids is 1. The van der Waals surface area contributed by atoms with Crippen LogP contribution >= 0.6 is 7.60 Å². The van der Waals surface area contributed by atoms with Gasteiger partial charge in [0, 0.05) is 18.6 Å². The van der Waals surface area contributed by atoms with E-state index >= 15 is 0 Å². The van der Waals surface area contributed by atoms with E-state index in [1.807, 2.05) is 0 Å². The predicted molar refractivity (Wildman–Crippen MR) is 96.0 cm³/mol. The standard InChI is InChI=1S/C16H16N5O5P/c1-10(11-3-5-12(6-4-11)27(24,25)26)19-14(22)13-9-17-16(20-15(13)23)21-8-2-7-18-21/h2-10H,1H3,(H,19,22)(H,17,20,23)(H2,24,25,26). The topological polar surface area (TPSA) is 150 Å². The van der Waals surface area contributed by atoms with Crippen molar-refractivity contribution < 1.29 is 19.1 Å². The zero-order chi connectivity index (χ0) is 19.6. The summed E-state index contributed by atoms with van der Waals surface area (Å²) in [6.45, 7) is 1.68. The first-order chi connectivity index (χ1) is 12.8. The lowest BCUT2D eigenvalue weighted by molar-refractivity contribution is 0.0938. The normalized spacial score (nSPS) is 12.6. The smallest absolute Gasteiger partial charge is 0.345 e. The predicted octanol–water partition coefficient (Wildman–Crippen LogP) is 0.250. The molecule has 1 unspecified atom stereocenters. The van der Waals surface area contributed by atoms with Crippen LogP contribution < -0.4 is 16.2 Å². The van der Waals surface area contributed by atoms with Crippen LogP contribution in [-0.2, 0) is 4.57 Å². The van der Waals surface area contributed by atoms with Gasteiger partial charge in [0.2, 0.25) is 5.95 Å². The quantitative estimate of drug-likeness (QED) is 0.457. The maximum atomic E-state index is 12.4. The van der Waals surface area contributed by atoms with E-state index in [4.69, 9.17) is 9.79 Å². The number of benzene rings is 1. The third kappa shape index (κ3) is 4.20. The molecule has 140 valence electrons. The minimum atomic E-state index is -4.32. The Labute approximate surface area is 153 Å². The number of amides is 1. The van der Waals surface area contributed by atoms with Gasteiger partial charge in [-0.15, -0.1) is 0 Å². The fourth-order valence-electron chi connectivity index (χ4n) is 2.37. The molecular formula is C16H16N5O5P. The fourth-order valence-corrected chi connectivity index (χ4v) is 2.91. The molecule has 0 radical (unpaired) electrons. The lowest BCUT2D eigenvalue weighted by atomic mass is 10.1. The molecule has 0 aliphatic rings. The minimum Gasteiger partial charge on any atom is -0.345 e. The highest BCUT2D eigenvalue weighted by Gasteiger charge is 2.19. The molecule has 27 heavy (non-hydrogen) atoms. The van der Waals surface area contributed by atoms with Gasteiger partial charge in [0.05, 0.1) is 11.3 Å². The third-order valence-corrected chi connectivity index (χ3v) is 4.80. The molecule has 0 bridgehead atoms. The van der Waals surface area contributed by atoms with Gasteiger partial charge in [0.25, 0.3) is 11.5 Å². The van der Waals surface area contributed by atoms with E-state index in [1.54, 1.807) is 19.2 Å². The van der Waals surface area contributed by atoms with Crippen molar-refractivity contribution in [3.05, 3.63) is 70.4 Å². The molecule has 10 nitrogen and oxygen atoms in total. The Balaban J connectivity index is 1.75. The van der Waals surface area contributed by atoms with Gasteiger partial charge in [-0.3, -0.25) is 19.1 Å². The molecule has 0 spiro atoms. The fraction of sp³-hybridized carbons (Fsp3) is 0.125. The van der Waals surface area contributed by atoms with Crippen molar-refractivity contribution >= 4 is 18.8 Å². The highest BCUT2D eigenvalue weighted by atomic mass is 31.2. The SMILES string of the molecule is CC(NC(=O)c1cnc(-n2cccn2)[nH]c1=O)c1ccc(P(=O)(O)O)cc1. The first-order valence-corrected chi connectivity index (χ1v) is 9.43. The van der Waals surface area contributed by atoms with Crippen molar-refractivity contribution in [1.82, 2.24) is 25.1 Å². The Morgan fingerprint density at radius 1 is 1.30 bits per heavy atom. The molecule has 0 saturated carbocycles. The lowest BCUT2D eigenvalue weighted by Gasteiger charge is -2.15. The van der Waals surface area contributed by atoms with Crippen molar-refractivity contribution in [2.75, 3.05) is 0 Å². The van der Waals surface area contributed by atoms with Crippen molar-refractivity contribution in [1.29, 1.82) is 0 Å². The Morgan fingerprint density at radius 3 is 2.56 bits per heavy atom. The number of hydrogen-bond acceptors (Lipinski definition) is 5. The van der Waals surface area contributed by atoms with E-state index in [1.165, 1.54) is 35.1 Å². The van der Waals surface area contributed by atoms with Crippen molar-refractivity contribution in [3.63, 3.8) is 0 Å². The van der Waals surface area contributed by atoms with Gasteiger partial charge in [-0.05, 0) is 30.7 Å². The molecule has 0 aliphatic heterocycles. The van der Waals surface area contributed by atoms with Crippen LogP contribution in [0.4, 0.5) is 0 Å². The van der Waals surface area contributed by atoms with Crippen molar-refractivity contribution in [2.24, 2.45) is 0 Å². The summed E-state index contributed by atoms with van der Waals surface area (Å²) in [4.78, 5) is 49.3. The van der Waals surface area contributed by atoms with Crippen molar-refractivity contribution in [2.45, 2.75) is 13.0 Å². The van der Waals surface area contributed by atoms with Gasteiger partial charge in [-0.25, -0.2) is 9.67 Å². The first-order valence-electron chi connectivity index (χ1n) is 7.82. The average molecular weight is 389 g/mol. The second-order valence-electron chi connectivity index (χ2n) is 5.73. The van der Waals surface area contributed by atoms with Crippen LogP contribution in [0, 0.1) is 0 Å². The Kier molecular flexibility index (Phi) is 5.04. The van der Waals surface area contributed by atoms with Crippen LogP contribution in [0.5, 0.6) is 0 Å². The van der Waals surface area contributed by atoms with E-state index in [2.05, 4.69) is 20.4 Å². The molecule has 1 aromatic carbocycles. The number of aromatic amines is 1. The van der Waals surface area contributed by atoms with Crippen LogP contribution in [-0.4, -0.2) is 35.4 Å². The monoisotopic (exact) mass is 389 g/mol. The molecule has 2 aromatic heterocycles. The van der Waals surface area contributed by atoms with E-state index in [0.29, 0.717) is 5.56 Å². The lowest BCUT2D eigenvalue weighted by Crippen LogP contribution is -2.32. The van der Waals surface area contributed by atoms with Crippen LogP contribution in [0.2, 0.25) is 0 Å². The van der Waals surface area contributed by atoms with Gasteiger partial charge < -0.3 is 15.1 Å². The average Bonchev–Trinajstić information content (AvgIpc) is 3.15. The van der Waals surface area contributed by atoms with Crippen LogP contribution in [0.3, 0.4) is 0 Å². The van der Waals surface area contributed by atoms with Crippen LogP contribution in [0.1, 0.15) is 28.9 Å². The molecule has 11 heteroatoms. The van der Waals surface area contributed by atoms with Gasteiger partial charge in [-0.2, -0.15) is 5.10 Å². The summed E-state index contributed by atoms with van der Waals surface area (Å²) in [5.41, 5.74) is -0.153. The maximum Gasteiger partial charge on any atom is 0.356 e. The molecule has 0 saturated heterocycles. The van der Waals surface area contributed by atoms with Gasteiger partial charge >= 0.3 is 7.60 Å². The zero-order valence-corrected chi connectivity index (χ0v) is 15.0. The highest BCUT2D eigenvalue weighted by molar-refractivity contribution is 7.60. The number of nitrogens with zero attached hydrogens (tertiary/aromatic N) is 3. The molecule has 1 amide bonds. The zero-order valence-electron chi connectivity index (χ0n) is 14.1. The second-order valence-corrected chi connectivity index (χ2v) is 7.34. The number of aromatic nitrogens is 4. The summed E-state index contributed by atoms with van der Waals surface area (Å²) < 4.78 is 12.6. The van der Waals surface area contributed by atoms with Gasteiger partial charge in [0.1, 0.15) is 5.56 Å². The van der Waals surface area contributed by atoms with Crippen molar-refractivity contribution in [3.8, 4) is 5.95 Å². The first kappa shape index (κ1) is 18.7. The molecule has 0 aliphatic carbocycles. The molecule has 3 rings (SSSR count). The maximum absolute atomic E-state index is 12.4. The summed E-state index contributed by atoms with van der Waals surface area (Å²) in [7, 11) is -4.32. The van der Waals surface area contributed by atoms with Crippen LogP contribution in [0.25, 0.3) is 5.95 Å². The molecule has 0 fully saturated rings. The Hall–Kier alpha value is -3.07. The summed E-state index contributed by atoms with van der Waals surface area (Å²) in [6, 6.07) is 6.78. The summed E-state index contributed by atoms with van der Waals surface area (Å²) in [5, 5.41) is 6.48. The molecule has 4 N–H and O–H groups in total. The second kappa shape index (κ2) is 7.28. The van der Waals surface area contributed by atoms with E-state index in [9.17, 15) is 14.2 Å². The van der Waals surface area contributed by atoms with E-state index in [0.717, 1.165) is 6.20 Å². The molecular weight excluding hydrogens is 373 g/mol. The molecule has 1 atom stereocenters. The Morgan fingerprint density at radius 2 is 2.00 bits per heavy atom.